The third-order valence-electron chi connectivity index (χ3n) is 2.29. The molecule has 0 bridgehead atoms. The van der Waals surface area contributed by atoms with Crippen molar-refractivity contribution in [3.05, 3.63) is 29.8 Å². The lowest BCUT2D eigenvalue weighted by Crippen LogP contribution is -2.44. The van der Waals surface area contributed by atoms with Gasteiger partial charge in [0.25, 0.3) is 0 Å². The number of benzene rings is 1. The van der Waals surface area contributed by atoms with E-state index in [4.69, 9.17) is 10.5 Å². The molecule has 0 fully saturated rings. The molecule has 0 aliphatic rings. The van der Waals surface area contributed by atoms with Crippen molar-refractivity contribution in [3.63, 3.8) is 0 Å². The molecule has 0 unspecified atom stereocenters. The summed E-state index contributed by atoms with van der Waals surface area (Å²) in [6.45, 7) is 1.35. The maximum absolute atomic E-state index is 11.2. The number of nitrogens with one attached hydrogen (secondary N) is 1. The van der Waals surface area contributed by atoms with Crippen LogP contribution < -0.4 is 15.8 Å². The van der Waals surface area contributed by atoms with Crippen LogP contribution >= 0.6 is 0 Å². The molecule has 2 amide bonds. The normalized spacial score (nSPS) is 11.6. The molecule has 0 aromatic heterocycles. The van der Waals surface area contributed by atoms with Crippen molar-refractivity contribution in [2.24, 2.45) is 5.73 Å². The van der Waals surface area contributed by atoms with Gasteiger partial charge in [-0.15, -0.1) is 0 Å². The van der Waals surface area contributed by atoms with Crippen molar-refractivity contribution in [2.75, 3.05) is 7.11 Å². The van der Waals surface area contributed by atoms with Gasteiger partial charge in [0.15, 0.2) is 0 Å². The monoisotopic (exact) mass is 236 g/mol. The molecule has 1 rings (SSSR count). The van der Waals surface area contributed by atoms with E-state index in [1.54, 1.807) is 19.2 Å². The molecular formula is C12H16N2O3. The van der Waals surface area contributed by atoms with Gasteiger partial charge < -0.3 is 15.8 Å². The fourth-order valence-electron chi connectivity index (χ4n) is 1.50. The van der Waals surface area contributed by atoms with Crippen LogP contribution in [0, 0.1) is 0 Å². The Morgan fingerprint density at radius 3 is 2.71 bits per heavy atom. The zero-order valence-corrected chi connectivity index (χ0v) is 9.90. The highest BCUT2D eigenvalue weighted by atomic mass is 16.5. The first-order chi connectivity index (χ1) is 8.02. The Bertz CT molecular complexity index is 418. The van der Waals surface area contributed by atoms with Crippen molar-refractivity contribution in [3.8, 4) is 5.75 Å². The van der Waals surface area contributed by atoms with Gasteiger partial charge in [-0.1, -0.05) is 12.1 Å². The molecule has 92 valence electrons. The SMILES string of the molecule is COc1cccc(C[C@H](NC(C)=O)C(N)=O)c1. The summed E-state index contributed by atoms with van der Waals surface area (Å²) < 4.78 is 5.07. The maximum Gasteiger partial charge on any atom is 0.240 e. The Morgan fingerprint density at radius 2 is 2.18 bits per heavy atom. The minimum absolute atomic E-state index is 0.281. The van der Waals surface area contributed by atoms with Gasteiger partial charge >= 0.3 is 0 Å². The summed E-state index contributed by atoms with van der Waals surface area (Å²) in [4.78, 5) is 22.1. The summed E-state index contributed by atoms with van der Waals surface area (Å²) in [6.07, 6.45) is 0.353. The second-order valence-electron chi connectivity index (χ2n) is 3.71. The highest BCUT2D eigenvalue weighted by Crippen LogP contribution is 2.13. The van der Waals surface area contributed by atoms with Gasteiger partial charge in [0, 0.05) is 13.3 Å². The van der Waals surface area contributed by atoms with E-state index < -0.39 is 11.9 Å². The summed E-state index contributed by atoms with van der Waals surface area (Å²) in [6, 6.07) is 6.58. The maximum atomic E-state index is 11.2. The lowest BCUT2D eigenvalue weighted by Gasteiger charge is -2.14. The Balaban J connectivity index is 2.78. The van der Waals surface area contributed by atoms with Crippen LogP contribution in [-0.4, -0.2) is 25.0 Å². The molecule has 0 radical (unpaired) electrons. The van der Waals surface area contributed by atoms with Gasteiger partial charge in [-0.05, 0) is 17.7 Å². The highest BCUT2D eigenvalue weighted by molar-refractivity contribution is 5.85. The molecule has 1 aromatic carbocycles. The third-order valence-corrected chi connectivity index (χ3v) is 2.29. The zero-order valence-electron chi connectivity index (χ0n) is 9.90. The van der Waals surface area contributed by atoms with Crippen LogP contribution in [0.5, 0.6) is 5.75 Å². The molecule has 1 aromatic rings. The van der Waals surface area contributed by atoms with Crippen LogP contribution in [0.25, 0.3) is 0 Å². The number of ether oxygens (including phenoxy) is 1. The first-order valence-corrected chi connectivity index (χ1v) is 5.22. The summed E-state index contributed by atoms with van der Waals surface area (Å²) in [7, 11) is 1.57. The number of rotatable bonds is 5. The fourth-order valence-corrected chi connectivity index (χ4v) is 1.50. The Hall–Kier alpha value is -2.04. The topological polar surface area (TPSA) is 81.4 Å². The Morgan fingerprint density at radius 1 is 1.47 bits per heavy atom. The van der Waals surface area contributed by atoms with Crippen molar-refractivity contribution in [1.82, 2.24) is 5.32 Å². The molecule has 5 nitrogen and oxygen atoms in total. The first-order valence-electron chi connectivity index (χ1n) is 5.22. The van der Waals surface area contributed by atoms with E-state index >= 15 is 0 Å². The molecule has 0 saturated heterocycles. The largest absolute Gasteiger partial charge is 0.497 e. The van der Waals surface area contributed by atoms with E-state index in [1.807, 2.05) is 12.1 Å². The van der Waals surface area contributed by atoms with Gasteiger partial charge in [-0.3, -0.25) is 9.59 Å². The van der Waals surface area contributed by atoms with E-state index in [0.29, 0.717) is 12.2 Å². The number of methoxy groups -OCH3 is 1. The van der Waals surface area contributed by atoms with Gasteiger partial charge in [0.2, 0.25) is 11.8 Å². The molecule has 0 aliphatic carbocycles. The summed E-state index contributed by atoms with van der Waals surface area (Å²) >= 11 is 0. The van der Waals surface area contributed by atoms with Crippen molar-refractivity contribution < 1.29 is 14.3 Å². The number of primary amides is 1. The number of nitrogens with two attached hydrogens (primary N) is 1. The van der Waals surface area contributed by atoms with Gasteiger partial charge in [0.05, 0.1) is 7.11 Å². The molecule has 1 atom stereocenters. The molecular weight excluding hydrogens is 220 g/mol. The van der Waals surface area contributed by atoms with Gasteiger partial charge in [-0.2, -0.15) is 0 Å². The Labute approximate surface area is 99.9 Å². The second-order valence-corrected chi connectivity index (χ2v) is 3.71. The van der Waals surface area contributed by atoms with Crippen molar-refractivity contribution in [2.45, 2.75) is 19.4 Å². The Kier molecular flexibility index (Phi) is 4.51. The number of carbonyl (C=O) groups excluding carboxylic acids is 2. The van der Waals surface area contributed by atoms with E-state index in [2.05, 4.69) is 5.32 Å². The van der Waals surface area contributed by atoms with Crippen molar-refractivity contribution >= 4 is 11.8 Å². The first kappa shape index (κ1) is 13.0. The van der Waals surface area contributed by atoms with Crippen LogP contribution in [0.1, 0.15) is 12.5 Å². The lowest BCUT2D eigenvalue weighted by molar-refractivity contribution is -0.126. The summed E-state index contributed by atoms with van der Waals surface area (Å²) in [5.74, 6) is -0.131. The molecule has 5 heteroatoms. The van der Waals surface area contributed by atoms with Crippen LogP contribution in [0.2, 0.25) is 0 Å². The predicted molar refractivity (Wildman–Crippen MR) is 63.5 cm³/mol. The van der Waals surface area contributed by atoms with Gasteiger partial charge in [-0.25, -0.2) is 0 Å². The minimum Gasteiger partial charge on any atom is -0.497 e. The summed E-state index contributed by atoms with van der Waals surface area (Å²) in [5.41, 5.74) is 6.10. The summed E-state index contributed by atoms with van der Waals surface area (Å²) in [5, 5.41) is 2.51. The average molecular weight is 236 g/mol. The zero-order chi connectivity index (χ0) is 12.8. The number of hydrogen-bond acceptors (Lipinski definition) is 3. The van der Waals surface area contributed by atoms with Crippen LogP contribution in [0.4, 0.5) is 0 Å². The molecule has 0 aliphatic heterocycles. The fraction of sp³-hybridized carbons (Fsp3) is 0.333. The van der Waals surface area contributed by atoms with E-state index in [9.17, 15) is 9.59 Å². The highest BCUT2D eigenvalue weighted by Gasteiger charge is 2.16. The van der Waals surface area contributed by atoms with Gasteiger partial charge in [0.1, 0.15) is 11.8 Å². The third kappa shape index (κ3) is 4.14. The molecule has 0 heterocycles. The number of amides is 2. The van der Waals surface area contributed by atoms with E-state index in [1.165, 1.54) is 6.92 Å². The predicted octanol–water partition coefficient (Wildman–Crippen LogP) is 0.228. The number of carbonyl (C=O) groups is 2. The van der Waals surface area contributed by atoms with Crippen LogP contribution in [-0.2, 0) is 16.0 Å². The molecule has 0 saturated carbocycles. The average Bonchev–Trinajstić information content (AvgIpc) is 2.27. The molecule has 0 spiro atoms. The molecule has 17 heavy (non-hydrogen) atoms. The second kappa shape index (κ2) is 5.89. The van der Waals surface area contributed by atoms with Crippen molar-refractivity contribution in [1.29, 1.82) is 0 Å². The standard InChI is InChI=1S/C12H16N2O3/c1-8(15)14-11(12(13)16)7-9-4-3-5-10(6-9)17-2/h3-6,11H,7H2,1-2H3,(H2,13,16)(H,14,15)/t11-/m0/s1. The smallest absolute Gasteiger partial charge is 0.240 e. The van der Waals surface area contributed by atoms with Crippen LogP contribution in [0.15, 0.2) is 24.3 Å². The van der Waals surface area contributed by atoms with E-state index in [0.717, 1.165) is 5.56 Å². The number of hydrogen-bond donors (Lipinski definition) is 2. The molecule has 3 N–H and O–H groups in total. The van der Waals surface area contributed by atoms with Crippen LogP contribution in [0.3, 0.4) is 0 Å². The lowest BCUT2D eigenvalue weighted by atomic mass is 10.1. The minimum atomic E-state index is -0.695. The van der Waals surface area contributed by atoms with E-state index in [-0.39, 0.29) is 5.91 Å². The quantitative estimate of drug-likeness (QED) is 0.767.